The molecule has 5 nitrogen and oxygen atoms in total. The Balaban J connectivity index is 3.12. The molecule has 0 aliphatic heterocycles. The molecule has 12 heavy (non-hydrogen) atoms. The van der Waals surface area contributed by atoms with Crippen molar-refractivity contribution in [3.63, 3.8) is 0 Å². The maximum atomic E-state index is 10.2. The topological polar surface area (TPSA) is 86.6 Å². The minimum Gasteiger partial charge on any atom is -0.396 e. The molecule has 0 radical (unpaired) electrons. The van der Waals surface area contributed by atoms with Crippen LogP contribution in [0.5, 0.6) is 0 Å². The summed E-state index contributed by atoms with van der Waals surface area (Å²) in [6.45, 7) is 1.34. The molecule has 0 aromatic heterocycles. The van der Waals surface area contributed by atoms with E-state index in [0.29, 0.717) is 25.9 Å². The molecular weight excluding hydrogens is 182 g/mol. The van der Waals surface area contributed by atoms with Crippen molar-refractivity contribution in [2.75, 3.05) is 25.4 Å². The lowest BCUT2D eigenvalue weighted by atomic mass is 10.4. The van der Waals surface area contributed by atoms with E-state index in [1.54, 1.807) is 0 Å². The first-order valence-corrected chi connectivity index (χ1v) is 5.44. The van der Waals surface area contributed by atoms with Gasteiger partial charge in [-0.05, 0) is 25.9 Å². The van der Waals surface area contributed by atoms with Gasteiger partial charge in [0.15, 0.2) is 0 Å². The minimum atomic E-state index is -3.81. The van der Waals surface area contributed by atoms with E-state index in [-0.39, 0.29) is 12.4 Å². The highest BCUT2D eigenvalue weighted by atomic mass is 32.2. The minimum absolute atomic E-state index is 0.130. The van der Waals surface area contributed by atoms with Gasteiger partial charge in [0, 0.05) is 6.61 Å². The van der Waals surface area contributed by atoms with E-state index in [9.17, 15) is 8.42 Å². The third kappa shape index (κ3) is 9.83. The molecule has 0 atom stereocenters. The molecule has 0 aromatic rings. The van der Waals surface area contributed by atoms with Crippen molar-refractivity contribution in [3.05, 3.63) is 0 Å². The third-order valence-corrected chi connectivity index (χ3v) is 2.07. The number of hydrogen-bond donors (Lipinski definition) is 3. The Hall–Kier alpha value is -0.170. The fraction of sp³-hybridized carbons (Fsp3) is 1.00. The maximum Gasteiger partial charge on any atom is 0.264 e. The second-order valence-electron chi connectivity index (χ2n) is 2.47. The van der Waals surface area contributed by atoms with Crippen molar-refractivity contribution in [1.29, 1.82) is 0 Å². The SMILES string of the molecule is O=S(=O)(O)CCCNCCCO. The monoisotopic (exact) mass is 197 g/mol. The summed E-state index contributed by atoms with van der Waals surface area (Å²) in [7, 11) is -3.81. The van der Waals surface area contributed by atoms with Crippen molar-refractivity contribution in [2.45, 2.75) is 12.8 Å². The summed E-state index contributed by atoms with van der Waals surface area (Å²) in [5.41, 5.74) is 0. The molecule has 6 heteroatoms. The van der Waals surface area contributed by atoms with Gasteiger partial charge in [0.2, 0.25) is 0 Å². The van der Waals surface area contributed by atoms with Crippen LogP contribution in [0.4, 0.5) is 0 Å². The molecule has 3 N–H and O–H groups in total. The van der Waals surface area contributed by atoms with Gasteiger partial charge < -0.3 is 10.4 Å². The summed E-state index contributed by atoms with van der Waals surface area (Å²) in [4.78, 5) is 0. The molecule has 0 aromatic carbocycles. The van der Waals surface area contributed by atoms with Crippen LogP contribution in [0.15, 0.2) is 0 Å². The predicted molar refractivity (Wildman–Crippen MR) is 45.6 cm³/mol. The Morgan fingerprint density at radius 1 is 1.17 bits per heavy atom. The molecule has 0 spiro atoms. The zero-order valence-electron chi connectivity index (χ0n) is 6.86. The molecule has 0 amide bonds. The normalized spacial score (nSPS) is 11.8. The first-order chi connectivity index (χ1) is 5.56. The van der Waals surface area contributed by atoms with Crippen molar-refractivity contribution in [3.8, 4) is 0 Å². The molecule has 0 aliphatic carbocycles. The second kappa shape index (κ2) is 6.36. The van der Waals surface area contributed by atoms with Gasteiger partial charge in [0.1, 0.15) is 0 Å². The van der Waals surface area contributed by atoms with Crippen LogP contribution >= 0.6 is 0 Å². The first kappa shape index (κ1) is 11.8. The molecule has 74 valence electrons. The Morgan fingerprint density at radius 3 is 2.25 bits per heavy atom. The third-order valence-electron chi connectivity index (χ3n) is 1.27. The van der Waals surface area contributed by atoms with Gasteiger partial charge in [0.25, 0.3) is 10.1 Å². The summed E-state index contributed by atoms with van der Waals surface area (Å²) in [5, 5.41) is 11.3. The average molecular weight is 197 g/mol. The Morgan fingerprint density at radius 2 is 1.75 bits per heavy atom. The van der Waals surface area contributed by atoms with Crippen LogP contribution in [0, 0.1) is 0 Å². The highest BCUT2D eigenvalue weighted by Gasteiger charge is 2.02. The van der Waals surface area contributed by atoms with Crippen molar-refractivity contribution in [1.82, 2.24) is 5.32 Å². The maximum absolute atomic E-state index is 10.2. The lowest BCUT2D eigenvalue weighted by molar-refractivity contribution is 0.286. The molecular formula is C6H15NO4S. The number of aliphatic hydroxyl groups excluding tert-OH is 1. The van der Waals surface area contributed by atoms with Gasteiger partial charge in [-0.3, -0.25) is 4.55 Å². The lowest BCUT2D eigenvalue weighted by Crippen LogP contribution is -2.20. The van der Waals surface area contributed by atoms with E-state index in [1.807, 2.05) is 0 Å². The number of aliphatic hydroxyl groups is 1. The van der Waals surface area contributed by atoms with Crippen LogP contribution in [0.1, 0.15) is 12.8 Å². The Labute approximate surface area is 72.5 Å². The van der Waals surface area contributed by atoms with Gasteiger partial charge in [-0.15, -0.1) is 0 Å². The zero-order chi connectivity index (χ0) is 9.45. The van der Waals surface area contributed by atoms with Crippen molar-refractivity contribution >= 4 is 10.1 Å². The van der Waals surface area contributed by atoms with E-state index in [2.05, 4.69) is 5.32 Å². The average Bonchev–Trinajstić information content (AvgIpc) is 1.94. The van der Waals surface area contributed by atoms with E-state index in [0.717, 1.165) is 0 Å². The van der Waals surface area contributed by atoms with E-state index >= 15 is 0 Å². The van der Waals surface area contributed by atoms with Crippen molar-refractivity contribution in [2.24, 2.45) is 0 Å². The second-order valence-corrected chi connectivity index (χ2v) is 4.04. The summed E-state index contributed by atoms with van der Waals surface area (Å²) in [6, 6.07) is 0. The summed E-state index contributed by atoms with van der Waals surface area (Å²) in [6.07, 6.45) is 1.05. The van der Waals surface area contributed by atoms with Crippen LogP contribution < -0.4 is 5.32 Å². The molecule has 0 unspecified atom stereocenters. The molecule has 0 bridgehead atoms. The van der Waals surface area contributed by atoms with Gasteiger partial charge in [-0.1, -0.05) is 0 Å². The van der Waals surface area contributed by atoms with Gasteiger partial charge in [-0.25, -0.2) is 0 Å². The highest BCUT2D eigenvalue weighted by Crippen LogP contribution is 1.86. The number of hydrogen-bond acceptors (Lipinski definition) is 4. The summed E-state index contributed by atoms with van der Waals surface area (Å²) < 4.78 is 28.7. The number of rotatable bonds is 7. The fourth-order valence-corrected chi connectivity index (χ4v) is 1.22. The smallest absolute Gasteiger partial charge is 0.264 e. The fourth-order valence-electron chi connectivity index (χ4n) is 0.709. The van der Waals surface area contributed by atoms with Crippen LogP contribution in [-0.4, -0.2) is 43.5 Å². The first-order valence-electron chi connectivity index (χ1n) is 3.83. The van der Waals surface area contributed by atoms with Crippen LogP contribution in [-0.2, 0) is 10.1 Å². The highest BCUT2D eigenvalue weighted by molar-refractivity contribution is 7.85. The molecule has 0 saturated carbocycles. The summed E-state index contributed by atoms with van der Waals surface area (Å²) in [5.74, 6) is -0.209. The molecule has 0 heterocycles. The van der Waals surface area contributed by atoms with Gasteiger partial charge >= 0.3 is 0 Å². The van der Waals surface area contributed by atoms with E-state index in [1.165, 1.54) is 0 Å². The zero-order valence-corrected chi connectivity index (χ0v) is 7.68. The molecule has 0 fully saturated rings. The Kier molecular flexibility index (Phi) is 6.27. The van der Waals surface area contributed by atoms with E-state index < -0.39 is 10.1 Å². The lowest BCUT2D eigenvalue weighted by Gasteiger charge is -2.01. The largest absolute Gasteiger partial charge is 0.396 e. The van der Waals surface area contributed by atoms with Crippen LogP contribution in [0.2, 0.25) is 0 Å². The predicted octanol–water partition coefficient (Wildman–Crippen LogP) is -0.764. The van der Waals surface area contributed by atoms with Crippen LogP contribution in [0.3, 0.4) is 0 Å². The quantitative estimate of drug-likeness (QED) is 0.369. The number of nitrogens with one attached hydrogen (secondary N) is 1. The van der Waals surface area contributed by atoms with Gasteiger partial charge in [0.05, 0.1) is 5.75 Å². The molecule has 0 aliphatic rings. The summed E-state index contributed by atoms with van der Waals surface area (Å²) >= 11 is 0. The molecule has 0 rings (SSSR count). The van der Waals surface area contributed by atoms with Crippen LogP contribution in [0.25, 0.3) is 0 Å². The standard InChI is InChI=1S/C6H15NO4S/c8-5-1-3-7-4-2-6-12(9,10)11/h7-8H,1-6H2,(H,9,10,11). The molecule has 0 saturated heterocycles. The van der Waals surface area contributed by atoms with Gasteiger partial charge in [-0.2, -0.15) is 8.42 Å². The Bertz CT molecular complexity index is 190. The van der Waals surface area contributed by atoms with Crippen molar-refractivity contribution < 1.29 is 18.1 Å². The van der Waals surface area contributed by atoms with E-state index in [4.69, 9.17) is 9.66 Å².